The van der Waals surface area contributed by atoms with E-state index in [1.165, 1.54) is 70.6 Å². The molecule has 0 spiro atoms. The normalized spacial score (nSPS) is 12.5. The molecule has 0 amide bonds. The van der Waals surface area contributed by atoms with E-state index in [2.05, 4.69) is 64.1 Å². The Morgan fingerprint density at radius 3 is 1.67 bits per heavy atom. The van der Waals surface area contributed by atoms with Crippen LogP contribution in [-0.4, -0.2) is 18.4 Å². The van der Waals surface area contributed by atoms with Crippen LogP contribution in [0.3, 0.4) is 0 Å². The van der Waals surface area contributed by atoms with Crippen LogP contribution in [0.15, 0.2) is 36.4 Å². The summed E-state index contributed by atoms with van der Waals surface area (Å²) < 4.78 is 6.60. The molecule has 0 unspecified atom stereocenters. The van der Waals surface area contributed by atoms with Crippen LogP contribution in [0, 0.1) is 0 Å². The van der Waals surface area contributed by atoms with Crippen molar-refractivity contribution in [2.75, 3.05) is 0 Å². The summed E-state index contributed by atoms with van der Waals surface area (Å²) in [5, 5.41) is 0. The molecule has 0 aliphatic carbocycles. The van der Waals surface area contributed by atoms with Gasteiger partial charge in [-0.05, 0) is 0 Å². The minimum atomic E-state index is -2.37. The van der Waals surface area contributed by atoms with Gasteiger partial charge in [-0.1, -0.05) is 0 Å². The fourth-order valence-corrected chi connectivity index (χ4v) is 21.5. The molecule has 27 heavy (non-hydrogen) atoms. The molecule has 1 aromatic rings. The van der Waals surface area contributed by atoms with E-state index >= 15 is 0 Å². The first-order chi connectivity index (χ1) is 13.2. The maximum atomic E-state index is 2.74. The minimum absolute atomic E-state index is 1.30. The number of benzene rings is 1. The summed E-state index contributed by atoms with van der Waals surface area (Å²) in [5.74, 6) is 0. The van der Waals surface area contributed by atoms with Crippen molar-refractivity contribution in [3.63, 3.8) is 0 Å². The quantitative estimate of drug-likeness (QED) is 0.164. The van der Waals surface area contributed by atoms with Crippen molar-refractivity contribution in [3.8, 4) is 0 Å². The fourth-order valence-electron chi connectivity index (χ4n) is 4.40. The number of rotatable bonds is 16. The van der Waals surface area contributed by atoms with Crippen molar-refractivity contribution in [3.05, 3.63) is 42.0 Å². The average molecular weight is 477 g/mol. The van der Waals surface area contributed by atoms with Crippen LogP contribution in [0.2, 0.25) is 13.3 Å². The Hall–Kier alpha value is -0.241. The summed E-state index contributed by atoms with van der Waals surface area (Å²) in [7, 11) is 0. The molecule has 0 fully saturated rings. The van der Waals surface area contributed by atoms with Gasteiger partial charge in [0.2, 0.25) is 0 Å². The molecule has 0 aromatic heterocycles. The standard InChI is InChI=1S/C14H19.3C4H9.Sn/c1-2-3-4-5-6-8-11-14-12-9-7-10-13-14;3*1-3-4-2;/h7-10,12-13H,2-6H2,1H3;3*1,3-4H2,2H3;. The van der Waals surface area contributed by atoms with Gasteiger partial charge in [-0.25, -0.2) is 0 Å². The van der Waals surface area contributed by atoms with E-state index in [-0.39, 0.29) is 0 Å². The zero-order valence-corrected chi connectivity index (χ0v) is 21.7. The molecule has 0 aliphatic rings. The molecule has 0 nitrogen and oxygen atoms in total. The van der Waals surface area contributed by atoms with Gasteiger partial charge in [-0.3, -0.25) is 0 Å². The van der Waals surface area contributed by atoms with E-state index in [4.69, 9.17) is 0 Å². The van der Waals surface area contributed by atoms with Crippen LogP contribution in [-0.2, 0) is 0 Å². The second-order valence-corrected chi connectivity index (χ2v) is 21.6. The third-order valence-corrected chi connectivity index (χ3v) is 22.0. The fraction of sp³-hybridized carbons (Fsp3) is 0.692. The Kier molecular flexibility index (Phi) is 14.4. The molecule has 0 N–H and O–H groups in total. The van der Waals surface area contributed by atoms with Gasteiger partial charge in [-0.2, -0.15) is 0 Å². The second kappa shape index (κ2) is 15.7. The summed E-state index contributed by atoms with van der Waals surface area (Å²) in [6, 6.07) is 11.5. The number of allylic oxidation sites excluding steroid dienone is 1. The second-order valence-electron chi connectivity index (χ2n) is 8.42. The molecule has 1 heteroatoms. The van der Waals surface area contributed by atoms with Crippen LogP contribution in [0.5, 0.6) is 0 Å². The molecular weight excluding hydrogens is 431 g/mol. The molecule has 0 radical (unpaired) electrons. The van der Waals surface area contributed by atoms with Gasteiger partial charge in [0, 0.05) is 0 Å². The molecule has 0 saturated carbocycles. The molecule has 0 atom stereocenters. The van der Waals surface area contributed by atoms with Crippen molar-refractivity contribution < 1.29 is 0 Å². The van der Waals surface area contributed by atoms with Crippen molar-refractivity contribution >= 4 is 22.0 Å². The molecule has 1 rings (SSSR count). The van der Waals surface area contributed by atoms with Crippen molar-refractivity contribution in [1.29, 1.82) is 0 Å². The SMILES string of the molecule is CCCCCC/C=[C](\c1ccccc1)[Sn]([CH2]CCC)([CH2]CCC)[CH2]CCC. The topological polar surface area (TPSA) is 0 Å². The number of hydrogen-bond donors (Lipinski definition) is 0. The van der Waals surface area contributed by atoms with Gasteiger partial charge < -0.3 is 0 Å². The van der Waals surface area contributed by atoms with E-state index in [9.17, 15) is 0 Å². The third-order valence-electron chi connectivity index (χ3n) is 6.09. The van der Waals surface area contributed by atoms with Crippen LogP contribution >= 0.6 is 0 Å². The first-order valence-corrected chi connectivity index (χ1v) is 19.5. The van der Waals surface area contributed by atoms with Gasteiger partial charge in [-0.15, -0.1) is 0 Å². The first-order valence-electron chi connectivity index (χ1n) is 12.0. The summed E-state index contributed by atoms with van der Waals surface area (Å²) >= 11 is -2.37. The van der Waals surface area contributed by atoms with Gasteiger partial charge in [0.1, 0.15) is 0 Å². The van der Waals surface area contributed by atoms with Crippen LogP contribution < -0.4 is 0 Å². The summed E-state index contributed by atoms with van der Waals surface area (Å²) in [6.45, 7) is 9.46. The summed E-state index contributed by atoms with van der Waals surface area (Å²) in [6.07, 6.45) is 18.0. The molecule has 0 heterocycles. The maximum absolute atomic E-state index is 2.74. The van der Waals surface area contributed by atoms with E-state index in [0.29, 0.717) is 0 Å². The Bertz CT molecular complexity index is 466. The van der Waals surface area contributed by atoms with E-state index < -0.39 is 18.4 Å². The van der Waals surface area contributed by atoms with E-state index in [1.54, 1.807) is 18.9 Å². The predicted octanol–water partition coefficient (Wildman–Crippen LogP) is 9.43. The zero-order valence-electron chi connectivity index (χ0n) is 18.9. The molecule has 154 valence electrons. The first kappa shape index (κ1) is 24.8. The van der Waals surface area contributed by atoms with Crippen molar-refractivity contribution in [2.24, 2.45) is 0 Å². The molecular formula is C26H46Sn. The molecule has 1 aromatic carbocycles. The average Bonchev–Trinajstić information content (AvgIpc) is 2.71. The Balaban J connectivity index is 3.20. The zero-order chi connectivity index (χ0) is 19.8. The van der Waals surface area contributed by atoms with Gasteiger partial charge in [0.25, 0.3) is 0 Å². The molecule has 0 saturated heterocycles. The monoisotopic (exact) mass is 478 g/mol. The van der Waals surface area contributed by atoms with Crippen LogP contribution in [0.4, 0.5) is 0 Å². The molecule has 0 aliphatic heterocycles. The predicted molar refractivity (Wildman–Crippen MR) is 128 cm³/mol. The van der Waals surface area contributed by atoms with Gasteiger partial charge >= 0.3 is 176 Å². The van der Waals surface area contributed by atoms with Crippen LogP contribution in [0.25, 0.3) is 3.59 Å². The third kappa shape index (κ3) is 9.20. The summed E-state index contributed by atoms with van der Waals surface area (Å²) in [4.78, 5) is 0. The van der Waals surface area contributed by atoms with E-state index in [1.807, 2.05) is 3.59 Å². The van der Waals surface area contributed by atoms with Crippen molar-refractivity contribution in [1.82, 2.24) is 0 Å². The van der Waals surface area contributed by atoms with E-state index in [0.717, 1.165) is 0 Å². The molecule has 0 bridgehead atoms. The van der Waals surface area contributed by atoms with Gasteiger partial charge in [0.15, 0.2) is 0 Å². The summed E-state index contributed by atoms with van der Waals surface area (Å²) in [5.41, 5.74) is 1.58. The number of hydrogen-bond acceptors (Lipinski definition) is 0. The Labute approximate surface area is 175 Å². The number of unbranched alkanes of at least 4 members (excludes halogenated alkanes) is 7. The van der Waals surface area contributed by atoms with Crippen molar-refractivity contribution in [2.45, 2.75) is 112 Å². The Morgan fingerprint density at radius 1 is 0.667 bits per heavy atom. The van der Waals surface area contributed by atoms with Gasteiger partial charge in [0.05, 0.1) is 0 Å². The van der Waals surface area contributed by atoms with Crippen LogP contribution in [0.1, 0.15) is 104 Å². The Morgan fingerprint density at radius 2 is 1.19 bits per heavy atom.